The van der Waals surface area contributed by atoms with Gasteiger partial charge in [0.05, 0.1) is 12.2 Å². The first-order valence-corrected chi connectivity index (χ1v) is 15.8. The predicted octanol–water partition coefficient (Wildman–Crippen LogP) is 4.75. The summed E-state index contributed by atoms with van der Waals surface area (Å²) >= 11 is 0. The molecular weight excluding hydrogens is 580 g/mol. The van der Waals surface area contributed by atoms with E-state index in [4.69, 9.17) is 4.74 Å². The number of halogens is 2. The average Bonchev–Trinajstić information content (AvgIpc) is 3.39. The predicted molar refractivity (Wildman–Crippen MR) is 167 cm³/mol. The van der Waals surface area contributed by atoms with E-state index in [-0.39, 0.29) is 48.2 Å². The molecule has 2 saturated heterocycles. The van der Waals surface area contributed by atoms with Gasteiger partial charge in [0.2, 0.25) is 11.8 Å². The molecule has 45 heavy (non-hydrogen) atoms. The number of hydrogen-bond donors (Lipinski definition) is 0. The monoisotopic (exact) mass is 625 g/mol. The largest absolute Gasteiger partial charge is 0.444 e. The Morgan fingerprint density at radius 1 is 1.09 bits per heavy atom. The number of carbonyl (C=O) groups excluding carboxylic acids is 3. The van der Waals surface area contributed by atoms with E-state index >= 15 is 0 Å². The van der Waals surface area contributed by atoms with E-state index < -0.39 is 23.3 Å². The van der Waals surface area contributed by atoms with Crippen LogP contribution in [0.15, 0.2) is 30.5 Å². The molecule has 244 valence electrons. The third-order valence-electron chi connectivity index (χ3n) is 8.96. The summed E-state index contributed by atoms with van der Waals surface area (Å²) in [6.07, 6.45) is 2.01. The SMILES string of the molecule is CC1CC(=O)N(C[C@H]2CN(C(=O)OC(C)(C)C)[C@H](C)CN2CC(=O)N2CC(C)(C)c3cnc(Cc4ccc(F)cc4F)cc32)C1. The van der Waals surface area contributed by atoms with E-state index in [1.807, 2.05) is 38.7 Å². The highest BCUT2D eigenvalue weighted by atomic mass is 19.1. The number of nitrogens with zero attached hydrogens (tertiary/aromatic N) is 5. The Labute approximate surface area is 264 Å². The van der Waals surface area contributed by atoms with Crippen LogP contribution in [0, 0.1) is 17.6 Å². The summed E-state index contributed by atoms with van der Waals surface area (Å²) in [5.74, 6) is -1.03. The third-order valence-corrected chi connectivity index (χ3v) is 8.96. The molecule has 3 aliphatic rings. The van der Waals surface area contributed by atoms with Crippen LogP contribution in [0.4, 0.5) is 19.3 Å². The van der Waals surface area contributed by atoms with E-state index in [2.05, 4.69) is 30.7 Å². The fraction of sp³-hybridized carbons (Fsp3) is 0.588. The molecule has 2 aromatic rings. The van der Waals surface area contributed by atoms with Gasteiger partial charge in [-0.25, -0.2) is 13.6 Å². The van der Waals surface area contributed by atoms with Crippen molar-refractivity contribution in [3.63, 3.8) is 0 Å². The lowest BCUT2D eigenvalue weighted by Gasteiger charge is -2.46. The summed E-state index contributed by atoms with van der Waals surface area (Å²) < 4.78 is 33.6. The zero-order valence-electron chi connectivity index (χ0n) is 27.4. The van der Waals surface area contributed by atoms with Crippen molar-refractivity contribution >= 4 is 23.6 Å². The molecule has 3 aliphatic heterocycles. The Morgan fingerprint density at radius 2 is 1.82 bits per heavy atom. The van der Waals surface area contributed by atoms with E-state index in [9.17, 15) is 23.2 Å². The average molecular weight is 626 g/mol. The van der Waals surface area contributed by atoms with Crippen molar-refractivity contribution in [2.24, 2.45) is 5.92 Å². The van der Waals surface area contributed by atoms with Crippen molar-refractivity contribution in [1.82, 2.24) is 19.7 Å². The zero-order chi connectivity index (χ0) is 32.8. The van der Waals surface area contributed by atoms with Gasteiger partial charge in [-0.15, -0.1) is 0 Å². The number of ether oxygens (including phenoxy) is 1. The Morgan fingerprint density at radius 3 is 2.47 bits per heavy atom. The normalized spacial score (nSPS) is 23.4. The van der Waals surface area contributed by atoms with Crippen molar-refractivity contribution in [2.45, 2.75) is 84.4 Å². The quantitative estimate of drug-likeness (QED) is 0.461. The number of fused-ring (bicyclic) bond motifs is 1. The number of aromatic nitrogens is 1. The van der Waals surface area contributed by atoms with Crippen LogP contribution in [-0.2, 0) is 26.2 Å². The van der Waals surface area contributed by atoms with Gasteiger partial charge < -0.3 is 19.4 Å². The minimum Gasteiger partial charge on any atom is -0.444 e. The highest BCUT2D eigenvalue weighted by Gasteiger charge is 2.43. The molecule has 11 heteroatoms. The first-order valence-electron chi connectivity index (χ1n) is 15.8. The number of anilines is 1. The van der Waals surface area contributed by atoms with Gasteiger partial charge in [-0.1, -0.05) is 26.8 Å². The minimum atomic E-state index is -0.647. The number of rotatable bonds is 6. The number of hydrogen-bond acceptors (Lipinski definition) is 6. The van der Waals surface area contributed by atoms with Crippen LogP contribution < -0.4 is 4.90 Å². The molecule has 1 aromatic carbocycles. The van der Waals surface area contributed by atoms with Gasteiger partial charge in [0.15, 0.2) is 0 Å². The van der Waals surface area contributed by atoms with Gasteiger partial charge in [-0.2, -0.15) is 0 Å². The molecule has 4 heterocycles. The fourth-order valence-corrected chi connectivity index (χ4v) is 6.69. The molecule has 2 fully saturated rings. The Bertz CT molecular complexity index is 1470. The van der Waals surface area contributed by atoms with E-state index in [1.165, 1.54) is 12.1 Å². The molecule has 1 aromatic heterocycles. The molecule has 3 atom stereocenters. The smallest absolute Gasteiger partial charge is 0.410 e. The molecule has 0 saturated carbocycles. The van der Waals surface area contributed by atoms with Gasteiger partial charge >= 0.3 is 6.09 Å². The Hall–Kier alpha value is -3.60. The van der Waals surface area contributed by atoms with Crippen LogP contribution in [0.3, 0.4) is 0 Å². The molecule has 0 aliphatic carbocycles. The summed E-state index contributed by atoms with van der Waals surface area (Å²) in [6.45, 7) is 16.0. The van der Waals surface area contributed by atoms with Gasteiger partial charge in [-0.3, -0.25) is 19.5 Å². The fourth-order valence-electron chi connectivity index (χ4n) is 6.69. The maximum absolute atomic E-state index is 14.4. The maximum Gasteiger partial charge on any atom is 0.410 e. The van der Waals surface area contributed by atoms with Crippen molar-refractivity contribution in [1.29, 1.82) is 0 Å². The van der Waals surface area contributed by atoms with Crippen molar-refractivity contribution in [3.8, 4) is 0 Å². The van der Waals surface area contributed by atoms with Crippen molar-refractivity contribution in [2.75, 3.05) is 44.2 Å². The zero-order valence-corrected chi connectivity index (χ0v) is 27.4. The molecule has 1 unspecified atom stereocenters. The van der Waals surface area contributed by atoms with Gasteiger partial charge in [-0.05, 0) is 51.3 Å². The van der Waals surface area contributed by atoms with Crippen LogP contribution >= 0.6 is 0 Å². The number of amides is 3. The van der Waals surface area contributed by atoms with E-state index in [0.717, 1.165) is 17.3 Å². The second kappa shape index (κ2) is 12.3. The van der Waals surface area contributed by atoms with Gasteiger partial charge in [0.1, 0.15) is 17.2 Å². The second-order valence-electron chi connectivity index (χ2n) is 14.6. The lowest BCUT2D eigenvalue weighted by Crippen LogP contribution is -2.63. The maximum atomic E-state index is 14.4. The van der Waals surface area contributed by atoms with Gasteiger partial charge in [0, 0.05) is 86.6 Å². The molecule has 0 radical (unpaired) electrons. The van der Waals surface area contributed by atoms with Gasteiger partial charge in [0.25, 0.3) is 0 Å². The topological polar surface area (TPSA) is 86.3 Å². The van der Waals surface area contributed by atoms with Crippen LogP contribution in [0.2, 0.25) is 0 Å². The molecule has 0 spiro atoms. The standard InChI is InChI=1S/C34H45F2N5O4/c1-21-10-30(42)39(15-21)17-26-18-40(32(44)45-33(3,4)5)22(2)16-38(26)19-31(43)41-20-34(6,7)27-14-37-25(13-29(27)41)11-23-8-9-24(35)12-28(23)36/h8-9,12-14,21-22,26H,10-11,15-20H2,1-7H3/t21?,22-,26+/m1/s1. The highest BCUT2D eigenvalue weighted by molar-refractivity contribution is 5.97. The number of carbonyl (C=O) groups is 3. The third kappa shape index (κ3) is 7.29. The summed E-state index contributed by atoms with van der Waals surface area (Å²) in [5.41, 5.74) is 1.57. The number of pyridine rings is 1. The highest BCUT2D eigenvalue weighted by Crippen LogP contribution is 2.41. The molecule has 0 bridgehead atoms. The Kier molecular flexibility index (Phi) is 8.96. The summed E-state index contributed by atoms with van der Waals surface area (Å²) in [6, 6.07) is 4.86. The van der Waals surface area contributed by atoms with Crippen molar-refractivity contribution in [3.05, 3.63) is 58.9 Å². The lowest BCUT2D eigenvalue weighted by atomic mass is 9.88. The number of likely N-dealkylation sites (tertiary alicyclic amines) is 1. The molecule has 0 N–H and O–H groups in total. The molecule has 3 amide bonds. The number of benzene rings is 1. The van der Waals surface area contributed by atoms with E-state index in [1.54, 1.807) is 16.0 Å². The van der Waals surface area contributed by atoms with Crippen LogP contribution in [0.5, 0.6) is 0 Å². The summed E-state index contributed by atoms with van der Waals surface area (Å²) in [5, 5.41) is 0. The second-order valence-corrected chi connectivity index (χ2v) is 14.6. The van der Waals surface area contributed by atoms with Crippen LogP contribution in [-0.4, -0.2) is 94.5 Å². The molecular formula is C34H45F2N5O4. The lowest BCUT2D eigenvalue weighted by molar-refractivity contribution is -0.129. The van der Waals surface area contributed by atoms with Crippen LogP contribution in [0.1, 0.15) is 71.7 Å². The first-order chi connectivity index (χ1) is 21.0. The molecule has 5 rings (SSSR count). The minimum absolute atomic E-state index is 0.0871. The first kappa shape index (κ1) is 32.8. The van der Waals surface area contributed by atoms with Crippen molar-refractivity contribution < 1.29 is 27.9 Å². The number of piperazine rings is 1. The van der Waals surface area contributed by atoms with Crippen LogP contribution in [0.25, 0.3) is 0 Å². The summed E-state index contributed by atoms with van der Waals surface area (Å²) in [7, 11) is 0. The summed E-state index contributed by atoms with van der Waals surface area (Å²) in [4.78, 5) is 52.0. The van der Waals surface area contributed by atoms with E-state index in [0.29, 0.717) is 50.4 Å². The Balaban J connectivity index is 1.37. The molecule has 9 nitrogen and oxygen atoms in total.